The lowest BCUT2D eigenvalue weighted by Crippen LogP contribution is -2.01. The van der Waals surface area contributed by atoms with E-state index in [2.05, 4.69) is 30.7 Å². The van der Waals surface area contributed by atoms with Gasteiger partial charge < -0.3 is 9.72 Å². The molecule has 1 aromatic carbocycles. The van der Waals surface area contributed by atoms with Gasteiger partial charge in [0.05, 0.1) is 12.3 Å². The number of rotatable bonds is 5. The first-order valence-electron chi connectivity index (χ1n) is 6.95. The first-order valence-corrected chi connectivity index (χ1v) is 7.36. The number of hydrogen-bond acceptors (Lipinski definition) is 3. The molecule has 1 heterocycles. The summed E-state index contributed by atoms with van der Waals surface area (Å²) in [6.07, 6.45) is 0.984. The monoisotopic (exact) mass is 288 g/mol. The van der Waals surface area contributed by atoms with E-state index in [-0.39, 0.29) is 0 Å². The fraction of sp³-hybridized carbons (Fsp3) is 0.375. The third-order valence-corrected chi connectivity index (χ3v) is 3.16. The predicted octanol–water partition coefficient (Wildman–Crippen LogP) is 4.72. The summed E-state index contributed by atoms with van der Waals surface area (Å²) in [6.45, 7) is 6.99. The largest absolute Gasteiger partial charge is 0.493 e. The molecule has 0 saturated carbocycles. The van der Waals surface area contributed by atoms with Crippen LogP contribution < -0.4 is 4.74 Å². The lowest BCUT2D eigenvalue weighted by molar-refractivity contribution is 0.318. The van der Waals surface area contributed by atoms with Crippen molar-refractivity contribution in [3.05, 3.63) is 40.8 Å². The van der Waals surface area contributed by atoms with Crippen LogP contribution in [0.4, 0.5) is 0 Å². The maximum Gasteiger partial charge on any atom is 0.130 e. The highest BCUT2D eigenvalue weighted by Crippen LogP contribution is 2.29. The molecular formula is C16H20N2OS. The van der Waals surface area contributed by atoms with E-state index in [1.54, 1.807) is 0 Å². The maximum absolute atomic E-state index is 5.81. The molecule has 1 N–H and O–H groups in total. The van der Waals surface area contributed by atoms with Crippen LogP contribution in [0.3, 0.4) is 0 Å². The number of nitrogens with one attached hydrogen (secondary N) is 1. The Labute approximate surface area is 125 Å². The second-order valence-corrected chi connectivity index (χ2v) is 5.44. The zero-order chi connectivity index (χ0) is 14.5. The molecular weight excluding hydrogens is 268 g/mol. The third kappa shape index (κ3) is 3.45. The third-order valence-electron chi connectivity index (χ3n) is 2.95. The van der Waals surface area contributed by atoms with Crippen molar-refractivity contribution in [2.24, 2.45) is 0 Å². The second-order valence-electron chi connectivity index (χ2n) is 5.02. The summed E-state index contributed by atoms with van der Waals surface area (Å²) in [4.78, 5) is 7.73. The van der Waals surface area contributed by atoms with Crippen molar-refractivity contribution in [3.8, 4) is 17.0 Å². The van der Waals surface area contributed by atoms with Crippen molar-refractivity contribution in [2.75, 3.05) is 6.61 Å². The minimum absolute atomic E-state index is 0.306. The van der Waals surface area contributed by atoms with Crippen LogP contribution in [0.2, 0.25) is 0 Å². The molecule has 0 bridgehead atoms. The molecule has 0 amide bonds. The van der Waals surface area contributed by atoms with Gasteiger partial charge in [0.1, 0.15) is 16.2 Å². The Morgan fingerprint density at radius 1 is 1.30 bits per heavy atom. The van der Waals surface area contributed by atoms with Crippen LogP contribution in [0.5, 0.6) is 5.75 Å². The normalized spacial score (nSPS) is 10.8. The SMILES string of the molecule is CCCOc1ccccc1-c1cc(=S)nc(C(C)C)[nH]1. The Morgan fingerprint density at radius 2 is 2.05 bits per heavy atom. The van der Waals surface area contributed by atoms with Crippen molar-refractivity contribution in [3.63, 3.8) is 0 Å². The summed E-state index contributed by atoms with van der Waals surface area (Å²) in [5.74, 6) is 2.08. The molecule has 0 aliphatic rings. The molecule has 3 nitrogen and oxygen atoms in total. The Bertz CT molecular complexity index is 634. The molecule has 0 aliphatic heterocycles. The highest BCUT2D eigenvalue weighted by molar-refractivity contribution is 7.71. The minimum atomic E-state index is 0.306. The van der Waals surface area contributed by atoms with E-state index in [0.29, 0.717) is 17.2 Å². The van der Waals surface area contributed by atoms with Crippen LogP contribution in [0.1, 0.15) is 38.9 Å². The molecule has 0 fully saturated rings. The van der Waals surface area contributed by atoms with Gasteiger partial charge in [0.2, 0.25) is 0 Å². The molecule has 0 saturated heterocycles. The van der Waals surface area contributed by atoms with Crippen LogP contribution in [-0.4, -0.2) is 16.6 Å². The molecule has 0 spiro atoms. The van der Waals surface area contributed by atoms with Crippen molar-refractivity contribution in [2.45, 2.75) is 33.1 Å². The first-order chi connectivity index (χ1) is 9.61. The lowest BCUT2D eigenvalue weighted by Gasteiger charge is -2.13. The maximum atomic E-state index is 5.81. The van der Waals surface area contributed by atoms with Gasteiger partial charge >= 0.3 is 0 Å². The van der Waals surface area contributed by atoms with E-state index < -0.39 is 0 Å². The van der Waals surface area contributed by atoms with Gasteiger partial charge in [0.25, 0.3) is 0 Å². The Balaban J connectivity index is 2.48. The van der Waals surface area contributed by atoms with E-state index in [1.165, 1.54) is 0 Å². The van der Waals surface area contributed by atoms with Crippen LogP contribution in [0.25, 0.3) is 11.3 Å². The summed E-state index contributed by atoms with van der Waals surface area (Å²) in [7, 11) is 0. The summed E-state index contributed by atoms with van der Waals surface area (Å²) >= 11 is 5.27. The minimum Gasteiger partial charge on any atom is -0.493 e. The van der Waals surface area contributed by atoms with Crippen molar-refractivity contribution in [1.29, 1.82) is 0 Å². The number of nitrogens with zero attached hydrogens (tertiary/aromatic N) is 1. The average Bonchev–Trinajstić information content (AvgIpc) is 2.44. The second kappa shape index (κ2) is 6.66. The summed E-state index contributed by atoms with van der Waals surface area (Å²) in [6, 6.07) is 9.89. The molecule has 0 unspecified atom stereocenters. The van der Waals surface area contributed by atoms with Gasteiger partial charge in [-0.3, -0.25) is 0 Å². The quantitative estimate of drug-likeness (QED) is 0.809. The molecule has 0 aliphatic carbocycles. The van der Waals surface area contributed by atoms with Crippen LogP contribution >= 0.6 is 12.2 Å². The van der Waals surface area contributed by atoms with E-state index in [1.807, 2.05) is 30.3 Å². The number of hydrogen-bond donors (Lipinski definition) is 1. The molecule has 4 heteroatoms. The summed E-state index contributed by atoms with van der Waals surface area (Å²) < 4.78 is 6.41. The molecule has 0 atom stereocenters. The Morgan fingerprint density at radius 3 is 2.75 bits per heavy atom. The van der Waals surface area contributed by atoms with E-state index >= 15 is 0 Å². The van der Waals surface area contributed by atoms with Gasteiger partial charge in [-0.15, -0.1) is 0 Å². The number of para-hydroxylation sites is 1. The predicted molar refractivity (Wildman–Crippen MR) is 84.7 cm³/mol. The molecule has 106 valence electrons. The van der Waals surface area contributed by atoms with Gasteiger partial charge in [-0.05, 0) is 24.6 Å². The van der Waals surface area contributed by atoms with Crippen LogP contribution in [0, 0.1) is 4.64 Å². The summed E-state index contributed by atoms with van der Waals surface area (Å²) in [5, 5.41) is 0. The smallest absolute Gasteiger partial charge is 0.130 e. The zero-order valence-electron chi connectivity index (χ0n) is 12.1. The van der Waals surface area contributed by atoms with Gasteiger partial charge in [0, 0.05) is 11.5 Å². The van der Waals surface area contributed by atoms with Crippen LogP contribution in [0.15, 0.2) is 30.3 Å². The molecule has 1 aromatic heterocycles. The van der Waals surface area contributed by atoms with Gasteiger partial charge in [-0.25, -0.2) is 4.98 Å². The molecule has 2 aromatic rings. The zero-order valence-corrected chi connectivity index (χ0v) is 13.0. The van der Waals surface area contributed by atoms with Crippen LogP contribution in [-0.2, 0) is 0 Å². The van der Waals surface area contributed by atoms with Crippen molar-refractivity contribution < 1.29 is 4.74 Å². The van der Waals surface area contributed by atoms with Crippen molar-refractivity contribution >= 4 is 12.2 Å². The number of benzene rings is 1. The number of ether oxygens (including phenoxy) is 1. The Hall–Kier alpha value is -1.68. The molecule has 0 radical (unpaired) electrons. The van der Waals surface area contributed by atoms with Gasteiger partial charge in [0.15, 0.2) is 0 Å². The fourth-order valence-corrected chi connectivity index (χ4v) is 2.14. The van der Waals surface area contributed by atoms with E-state index in [4.69, 9.17) is 17.0 Å². The standard InChI is InChI=1S/C16H20N2OS/c1-4-9-19-14-8-6-5-7-12(14)13-10-15(20)18-16(17-13)11(2)3/h5-8,10-11H,4,9H2,1-3H3,(H,17,18,20). The lowest BCUT2D eigenvalue weighted by atomic mass is 10.1. The molecule has 20 heavy (non-hydrogen) atoms. The highest BCUT2D eigenvalue weighted by Gasteiger charge is 2.09. The average molecular weight is 288 g/mol. The molecule has 2 rings (SSSR count). The van der Waals surface area contributed by atoms with Gasteiger partial charge in [-0.2, -0.15) is 0 Å². The van der Waals surface area contributed by atoms with Crippen molar-refractivity contribution in [1.82, 2.24) is 9.97 Å². The first kappa shape index (κ1) is 14.7. The Kier molecular flexibility index (Phi) is 4.90. The van der Waals surface area contributed by atoms with E-state index in [0.717, 1.165) is 29.3 Å². The summed E-state index contributed by atoms with van der Waals surface area (Å²) in [5.41, 5.74) is 1.98. The number of H-pyrrole nitrogens is 1. The topological polar surface area (TPSA) is 37.9 Å². The number of aromatic nitrogens is 2. The fourth-order valence-electron chi connectivity index (χ4n) is 1.92. The van der Waals surface area contributed by atoms with E-state index in [9.17, 15) is 0 Å². The highest BCUT2D eigenvalue weighted by atomic mass is 32.1. The van der Waals surface area contributed by atoms with Gasteiger partial charge in [-0.1, -0.05) is 45.1 Å². The number of aromatic amines is 1.